The molecule has 0 aliphatic carbocycles. The molecule has 79 heavy (non-hydrogen) atoms. The van der Waals surface area contributed by atoms with Gasteiger partial charge in [0.1, 0.15) is 13.2 Å². The molecule has 0 aromatic carbocycles. The van der Waals surface area contributed by atoms with Crippen LogP contribution in [0.25, 0.3) is 0 Å². The number of hydrogen-bond donors (Lipinski definition) is 0. The van der Waals surface area contributed by atoms with Crippen molar-refractivity contribution in [1.82, 2.24) is 0 Å². The molecule has 0 fully saturated rings. The van der Waals surface area contributed by atoms with Crippen molar-refractivity contribution in [2.75, 3.05) is 13.2 Å². The van der Waals surface area contributed by atoms with Gasteiger partial charge in [-0.2, -0.15) is 0 Å². The summed E-state index contributed by atoms with van der Waals surface area (Å²) in [6.45, 7) is 6.74. The highest BCUT2D eigenvalue weighted by atomic mass is 16.6. The number of rotatable bonds is 68. The zero-order valence-corrected chi connectivity index (χ0v) is 53.9. The summed E-state index contributed by atoms with van der Waals surface area (Å²) in [7, 11) is 0. The molecule has 0 saturated carbocycles. The number of carbonyl (C=O) groups is 3. The van der Waals surface area contributed by atoms with Crippen LogP contribution in [0.4, 0.5) is 0 Å². The molecule has 0 bridgehead atoms. The van der Waals surface area contributed by atoms with Crippen LogP contribution in [0.1, 0.15) is 419 Å². The summed E-state index contributed by atoms with van der Waals surface area (Å²) in [6.07, 6.45) is 82.4. The van der Waals surface area contributed by atoms with Crippen molar-refractivity contribution < 1.29 is 28.6 Å². The van der Waals surface area contributed by atoms with E-state index in [1.54, 1.807) is 0 Å². The van der Waals surface area contributed by atoms with Gasteiger partial charge in [0.25, 0.3) is 0 Å². The van der Waals surface area contributed by atoms with Gasteiger partial charge in [-0.05, 0) is 44.9 Å². The Morgan fingerprint density at radius 3 is 0.633 bits per heavy atom. The Morgan fingerprint density at radius 2 is 0.418 bits per heavy atom. The van der Waals surface area contributed by atoms with E-state index >= 15 is 0 Å². The van der Waals surface area contributed by atoms with Crippen LogP contribution in [-0.2, 0) is 28.6 Å². The lowest BCUT2D eigenvalue weighted by Gasteiger charge is -2.18. The molecule has 1 unspecified atom stereocenters. The van der Waals surface area contributed by atoms with Crippen LogP contribution in [0.15, 0.2) is 12.2 Å². The molecule has 0 radical (unpaired) electrons. The standard InChI is InChI=1S/C73H140O6/c1-4-7-10-13-16-19-22-25-28-31-34-35-36-37-38-40-42-45-48-51-54-57-60-63-66-72(75)78-69-70(68-77-71(74)65-62-59-56-53-50-47-44-41-33-30-27-24-21-18-15-12-9-6-3)79-73(76)67-64-61-58-55-52-49-46-43-39-32-29-26-23-20-17-14-11-8-5-2/h26,29,70H,4-25,27-28,30-69H2,1-3H3/b29-26-. The predicted molar refractivity (Wildman–Crippen MR) is 344 cm³/mol. The molecule has 1 atom stereocenters. The van der Waals surface area contributed by atoms with E-state index in [2.05, 4.69) is 32.9 Å². The molecule has 0 spiro atoms. The van der Waals surface area contributed by atoms with Crippen molar-refractivity contribution in [3.05, 3.63) is 12.2 Å². The van der Waals surface area contributed by atoms with Gasteiger partial charge in [0.05, 0.1) is 0 Å². The Morgan fingerprint density at radius 1 is 0.241 bits per heavy atom. The van der Waals surface area contributed by atoms with E-state index in [0.29, 0.717) is 19.3 Å². The van der Waals surface area contributed by atoms with Gasteiger partial charge in [-0.3, -0.25) is 14.4 Å². The summed E-state index contributed by atoms with van der Waals surface area (Å²) >= 11 is 0. The summed E-state index contributed by atoms with van der Waals surface area (Å²) in [5.41, 5.74) is 0. The van der Waals surface area contributed by atoms with Crippen molar-refractivity contribution in [1.29, 1.82) is 0 Å². The monoisotopic (exact) mass is 1110 g/mol. The molecule has 0 aliphatic rings. The predicted octanol–water partition coefficient (Wildman–Crippen LogP) is 24.8. The number of ether oxygens (including phenoxy) is 3. The van der Waals surface area contributed by atoms with Gasteiger partial charge in [-0.25, -0.2) is 0 Å². The zero-order chi connectivity index (χ0) is 57.1. The molecule has 0 heterocycles. The number of allylic oxidation sites excluding steroid dienone is 2. The number of esters is 3. The first-order valence-corrected chi connectivity index (χ1v) is 36.2. The van der Waals surface area contributed by atoms with E-state index in [1.807, 2.05) is 0 Å². The molecule has 6 heteroatoms. The molecule has 6 nitrogen and oxygen atoms in total. The van der Waals surface area contributed by atoms with Crippen molar-refractivity contribution >= 4 is 17.9 Å². The van der Waals surface area contributed by atoms with Gasteiger partial charge in [0.15, 0.2) is 6.10 Å². The van der Waals surface area contributed by atoms with E-state index in [4.69, 9.17) is 14.2 Å². The lowest BCUT2D eigenvalue weighted by atomic mass is 10.0. The Hall–Kier alpha value is -1.85. The Kier molecular flexibility index (Phi) is 67.0. The van der Waals surface area contributed by atoms with Gasteiger partial charge in [0, 0.05) is 19.3 Å². The largest absolute Gasteiger partial charge is 0.462 e. The second-order valence-corrected chi connectivity index (χ2v) is 24.9. The minimum absolute atomic E-state index is 0.0636. The molecular weight excluding hydrogens is 973 g/mol. The van der Waals surface area contributed by atoms with Gasteiger partial charge >= 0.3 is 17.9 Å². The molecule has 0 N–H and O–H groups in total. The third-order valence-corrected chi connectivity index (χ3v) is 16.8. The zero-order valence-electron chi connectivity index (χ0n) is 53.9. The highest BCUT2D eigenvalue weighted by molar-refractivity contribution is 5.71. The first-order chi connectivity index (χ1) is 39.0. The van der Waals surface area contributed by atoms with E-state index in [1.165, 1.54) is 321 Å². The Bertz CT molecular complexity index is 1230. The van der Waals surface area contributed by atoms with Crippen LogP contribution in [0.2, 0.25) is 0 Å². The van der Waals surface area contributed by atoms with Crippen LogP contribution in [-0.4, -0.2) is 37.2 Å². The SMILES string of the molecule is CCCCCCCC/C=C\CCCCCCCCCCCC(=O)OC(COC(=O)CCCCCCCCCCCCCCCCCCCC)COC(=O)CCCCCCCCCCCCCCCCCCCCCCCCCC. The average Bonchev–Trinajstić information content (AvgIpc) is 3.45. The normalized spacial score (nSPS) is 12.0. The Labute approximate surface area is 494 Å². The molecule has 468 valence electrons. The molecular formula is C73H140O6. The minimum Gasteiger partial charge on any atom is -0.462 e. The maximum Gasteiger partial charge on any atom is 0.306 e. The summed E-state index contributed by atoms with van der Waals surface area (Å²) in [5.74, 6) is -0.827. The molecule has 0 aromatic rings. The number of unbranched alkanes of at least 4 members (excludes halogenated alkanes) is 55. The van der Waals surface area contributed by atoms with Crippen LogP contribution in [0, 0.1) is 0 Å². The van der Waals surface area contributed by atoms with Gasteiger partial charge in [-0.15, -0.1) is 0 Å². The summed E-state index contributed by atoms with van der Waals surface area (Å²) in [6, 6.07) is 0. The third-order valence-electron chi connectivity index (χ3n) is 16.8. The molecule has 0 rings (SSSR count). The lowest BCUT2D eigenvalue weighted by Crippen LogP contribution is -2.30. The Balaban J connectivity index is 4.26. The van der Waals surface area contributed by atoms with Crippen LogP contribution in [0.3, 0.4) is 0 Å². The van der Waals surface area contributed by atoms with E-state index < -0.39 is 6.10 Å². The highest BCUT2D eigenvalue weighted by Crippen LogP contribution is 2.19. The van der Waals surface area contributed by atoms with Crippen molar-refractivity contribution in [2.45, 2.75) is 425 Å². The van der Waals surface area contributed by atoms with E-state index in [9.17, 15) is 14.4 Å². The smallest absolute Gasteiger partial charge is 0.306 e. The number of carbonyl (C=O) groups excluding carboxylic acids is 3. The van der Waals surface area contributed by atoms with E-state index in [-0.39, 0.29) is 31.1 Å². The van der Waals surface area contributed by atoms with Crippen LogP contribution in [0.5, 0.6) is 0 Å². The van der Waals surface area contributed by atoms with Crippen LogP contribution < -0.4 is 0 Å². The maximum atomic E-state index is 13.0. The van der Waals surface area contributed by atoms with Crippen molar-refractivity contribution in [2.24, 2.45) is 0 Å². The fourth-order valence-electron chi connectivity index (χ4n) is 11.3. The van der Waals surface area contributed by atoms with Crippen LogP contribution >= 0.6 is 0 Å². The number of hydrogen-bond acceptors (Lipinski definition) is 6. The third kappa shape index (κ3) is 66.8. The average molecular weight is 1110 g/mol. The first-order valence-electron chi connectivity index (χ1n) is 36.2. The molecule has 0 amide bonds. The minimum atomic E-state index is -0.768. The second kappa shape index (κ2) is 68.6. The quantitative estimate of drug-likeness (QED) is 0.0261. The van der Waals surface area contributed by atoms with Crippen molar-refractivity contribution in [3.8, 4) is 0 Å². The van der Waals surface area contributed by atoms with Gasteiger partial charge in [0.2, 0.25) is 0 Å². The van der Waals surface area contributed by atoms with Crippen molar-refractivity contribution in [3.63, 3.8) is 0 Å². The second-order valence-electron chi connectivity index (χ2n) is 24.9. The summed E-state index contributed by atoms with van der Waals surface area (Å²) in [4.78, 5) is 38.5. The molecule has 0 aromatic heterocycles. The summed E-state index contributed by atoms with van der Waals surface area (Å²) < 4.78 is 17.0. The molecule has 0 saturated heterocycles. The maximum absolute atomic E-state index is 13.0. The molecule has 0 aliphatic heterocycles. The van der Waals surface area contributed by atoms with Gasteiger partial charge < -0.3 is 14.2 Å². The van der Waals surface area contributed by atoms with Gasteiger partial charge in [-0.1, -0.05) is 367 Å². The topological polar surface area (TPSA) is 78.9 Å². The highest BCUT2D eigenvalue weighted by Gasteiger charge is 2.19. The fourth-order valence-corrected chi connectivity index (χ4v) is 11.3. The fraction of sp³-hybridized carbons (Fsp3) is 0.932. The summed E-state index contributed by atoms with van der Waals surface area (Å²) in [5, 5.41) is 0. The van der Waals surface area contributed by atoms with E-state index in [0.717, 1.165) is 57.8 Å². The first kappa shape index (κ1) is 77.2. The lowest BCUT2D eigenvalue weighted by molar-refractivity contribution is -0.167.